The summed E-state index contributed by atoms with van der Waals surface area (Å²) in [4.78, 5) is 14.3. The number of amides is 1. The number of hydrogen-bond acceptors (Lipinski definition) is 5. The van der Waals surface area contributed by atoms with Crippen LogP contribution in [0.5, 0.6) is 0 Å². The molecule has 2 aliphatic rings. The second-order valence-corrected chi connectivity index (χ2v) is 6.57. The van der Waals surface area contributed by atoms with Crippen LogP contribution in [0.15, 0.2) is 18.2 Å². The second-order valence-electron chi connectivity index (χ2n) is 6.16. The summed E-state index contributed by atoms with van der Waals surface area (Å²) in [5.74, 6) is 0.0150. The molecule has 2 heterocycles. The van der Waals surface area contributed by atoms with E-state index in [0.717, 1.165) is 18.5 Å². The van der Waals surface area contributed by atoms with Gasteiger partial charge < -0.3 is 15.5 Å². The second kappa shape index (κ2) is 7.09. The van der Waals surface area contributed by atoms with Gasteiger partial charge in [0.2, 0.25) is 5.91 Å². The average Bonchev–Trinajstić information content (AvgIpc) is 3.23. The molecule has 0 radical (unpaired) electrons. The molecule has 2 saturated heterocycles. The van der Waals surface area contributed by atoms with Crippen molar-refractivity contribution in [2.24, 2.45) is 0 Å². The molecular formula is C17H18ClN5O. The Hall–Kier alpha value is -2.28. The summed E-state index contributed by atoms with van der Waals surface area (Å²) in [7, 11) is 0. The third kappa shape index (κ3) is 3.31. The number of likely N-dealkylation sites (tertiary alicyclic amines) is 1. The van der Waals surface area contributed by atoms with Gasteiger partial charge in [0, 0.05) is 24.8 Å². The Kier molecular flexibility index (Phi) is 4.89. The van der Waals surface area contributed by atoms with Gasteiger partial charge in [-0.05, 0) is 37.5 Å². The number of nitrogens with zero attached hydrogens (tertiary/aromatic N) is 3. The van der Waals surface area contributed by atoms with Crippen LogP contribution in [0.1, 0.15) is 24.8 Å². The molecule has 0 spiro atoms. The van der Waals surface area contributed by atoms with Crippen LogP contribution >= 0.6 is 11.6 Å². The van der Waals surface area contributed by atoms with Crippen molar-refractivity contribution in [3.8, 4) is 12.1 Å². The maximum atomic E-state index is 12.6. The Bertz CT molecular complexity index is 723. The summed E-state index contributed by atoms with van der Waals surface area (Å²) >= 11 is 6.04. The third-order valence-corrected chi connectivity index (χ3v) is 4.89. The first kappa shape index (κ1) is 16.6. The van der Waals surface area contributed by atoms with Crippen LogP contribution in [0.3, 0.4) is 0 Å². The topological polar surface area (TPSA) is 91.9 Å². The molecule has 7 heteroatoms. The highest BCUT2D eigenvalue weighted by Gasteiger charge is 2.36. The lowest BCUT2D eigenvalue weighted by atomic mass is 10.1. The standard InChI is InChI=1S/C17H18ClN5O/c18-15-6-12(4-3-11(15)8-19)22-13-7-16(21-10-13)17(24)23-5-1-2-14(23)9-20/h3-4,6,13-14,16,21-22H,1-2,5,7,10H2/t13-,14-,16?/m0/s1. The zero-order valence-corrected chi connectivity index (χ0v) is 13.9. The number of rotatable bonds is 3. The monoisotopic (exact) mass is 343 g/mol. The number of halogens is 1. The largest absolute Gasteiger partial charge is 0.381 e. The van der Waals surface area contributed by atoms with Crippen LogP contribution in [-0.2, 0) is 4.79 Å². The zero-order valence-electron chi connectivity index (χ0n) is 13.1. The summed E-state index contributed by atoms with van der Waals surface area (Å²) in [6.07, 6.45) is 2.31. The molecule has 124 valence electrons. The van der Waals surface area contributed by atoms with Gasteiger partial charge in [0.1, 0.15) is 12.1 Å². The van der Waals surface area contributed by atoms with Gasteiger partial charge in [-0.15, -0.1) is 0 Å². The first-order valence-corrected chi connectivity index (χ1v) is 8.40. The fraction of sp³-hybridized carbons (Fsp3) is 0.471. The molecule has 2 aliphatic heterocycles. The molecule has 0 saturated carbocycles. The van der Waals surface area contributed by atoms with Crippen LogP contribution in [0.4, 0.5) is 5.69 Å². The highest BCUT2D eigenvalue weighted by atomic mass is 35.5. The number of benzene rings is 1. The molecular weight excluding hydrogens is 326 g/mol. The van der Waals surface area contributed by atoms with Crippen molar-refractivity contribution in [3.05, 3.63) is 28.8 Å². The van der Waals surface area contributed by atoms with Crippen molar-refractivity contribution in [1.29, 1.82) is 10.5 Å². The fourth-order valence-electron chi connectivity index (χ4n) is 3.33. The van der Waals surface area contributed by atoms with Gasteiger partial charge >= 0.3 is 0 Å². The molecule has 2 N–H and O–H groups in total. The molecule has 0 aliphatic carbocycles. The van der Waals surface area contributed by atoms with E-state index in [4.69, 9.17) is 22.1 Å². The molecule has 2 fully saturated rings. The number of carbonyl (C=O) groups excluding carboxylic acids is 1. The Morgan fingerprint density at radius 3 is 2.96 bits per heavy atom. The SMILES string of the molecule is N#Cc1ccc(N[C@@H]2CNC(C(=O)N3CCC[C@H]3C#N)C2)cc1Cl. The molecule has 3 rings (SSSR count). The first-order valence-electron chi connectivity index (χ1n) is 8.02. The molecule has 6 nitrogen and oxygen atoms in total. The summed E-state index contributed by atoms with van der Waals surface area (Å²) in [6, 6.07) is 9.01. The van der Waals surface area contributed by atoms with Crippen LogP contribution < -0.4 is 10.6 Å². The van der Waals surface area contributed by atoms with E-state index >= 15 is 0 Å². The van der Waals surface area contributed by atoms with Crippen LogP contribution in [0, 0.1) is 22.7 Å². The number of nitrogens with one attached hydrogen (secondary N) is 2. The van der Waals surface area contributed by atoms with E-state index in [1.165, 1.54) is 0 Å². The number of hydrogen-bond donors (Lipinski definition) is 2. The van der Waals surface area contributed by atoms with Crippen molar-refractivity contribution in [3.63, 3.8) is 0 Å². The number of nitriles is 2. The molecule has 1 aromatic rings. The van der Waals surface area contributed by atoms with E-state index in [1.807, 2.05) is 12.1 Å². The molecule has 1 amide bonds. The maximum Gasteiger partial charge on any atom is 0.240 e. The lowest BCUT2D eigenvalue weighted by molar-refractivity contribution is -0.133. The first-order chi connectivity index (χ1) is 11.6. The number of anilines is 1. The van der Waals surface area contributed by atoms with Gasteiger partial charge in [-0.2, -0.15) is 10.5 Å². The van der Waals surface area contributed by atoms with E-state index in [9.17, 15) is 4.79 Å². The van der Waals surface area contributed by atoms with E-state index in [1.54, 1.807) is 17.0 Å². The van der Waals surface area contributed by atoms with Crippen molar-refractivity contribution in [2.45, 2.75) is 37.4 Å². The van der Waals surface area contributed by atoms with E-state index in [0.29, 0.717) is 30.1 Å². The minimum absolute atomic E-state index is 0.0150. The Balaban J connectivity index is 1.60. The summed E-state index contributed by atoms with van der Waals surface area (Å²) in [6.45, 7) is 1.33. The van der Waals surface area contributed by atoms with E-state index < -0.39 is 0 Å². The van der Waals surface area contributed by atoms with Crippen molar-refractivity contribution in [1.82, 2.24) is 10.2 Å². The summed E-state index contributed by atoms with van der Waals surface area (Å²) in [5.41, 5.74) is 1.27. The minimum atomic E-state index is -0.288. The average molecular weight is 344 g/mol. The van der Waals surface area contributed by atoms with E-state index in [2.05, 4.69) is 16.7 Å². The third-order valence-electron chi connectivity index (χ3n) is 4.57. The van der Waals surface area contributed by atoms with Gasteiger partial charge in [0.15, 0.2) is 0 Å². The Morgan fingerprint density at radius 2 is 2.25 bits per heavy atom. The fourth-order valence-corrected chi connectivity index (χ4v) is 3.55. The smallest absolute Gasteiger partial charge is 0.240 e. The van der Waals surface area contributed by atoms with Crippen LogP contribution in [0.25, 0.3) is 0 Å². The van der Waals surface area contributed by atoms with Gasteiger partial charge in [0.25, 0.3) is 0 Å². The molecule has 0 bridgehead atoms. The highest BCUT2D eigenvalue weighted by molar-refractivity contribution is 6.32. The van der Waals surface area contributed by atoms with Crippen LogP contribution in [0.2, 0.25) is 5.02 Å². The molecule has 1 unspecified atom stereocenters. The normalized spacial score (nSPS) is 26.0. The lowest BCUT2D eigenvalue weighted by Crippen LogP contribution is -2.45. The summed E-state index contributed by atoms with van der Waals surface area (Å²) < 4.78 is 0. The predicted molar refractivity (Wildman–Crippen MR) is 90.3 cm³/mol. The van der Waals surface area contributed by atoms with Gasteiger partial charge in [-0.3, -0.25) is 4.79 Å². The Labute approximate surface area is 146 Å². The quantitative estimate of drug-likeness (QED) is 0.874. The van der Waals surface area contributed by atoms with Crippen LogP contribution in [-0.4, -0.2) is 42.0 Å². The van der Waals surface area contributed by atoms with Crippen molar-refractivity contribution >= 4 is 23.2 Å². The molecule has 0 aromatic heterocycles. The highest BCUT2D eigenvalue weighted by Crippen LogP contribution is 2.24. The molecule has 3 atom stereocenters. The van der Waals surface area contributed by atoms with Crippen molar-refractivity contribution in [2.75, 3.05) is 18.4 Å². The van der Waals surface area contributed by atoms with Gasteiger partial charge in [-0.1, -0.05) is 11.6 Å². The zero-order chi connectivity index (χ0) is 17.1. The molecule has 1 aromatic carbocycles. The minimum Gasteiger partial charge on any atom is -0.381 e. The Morgan fingerprint density at radius 1 is 1.42 bits per heavy atom. The van der Waals surface area contributed by atoms with Crippen molar-refractivity contribution < 1.29 is 4.79 Å². The van der Waals surface area contributed by atoms with Gasteiger partial charge in [0.05, 0.1) is 22.7 Å². The molecule has 24 heavy (non-hydrogen) atoms. The number of carbonyl (C=O) groups is 1. The lowest BCUT2D eigenvalue weighted by Gasteiger charge is -2.23. The van der Waals surface area contributed by atoms with Gasteiger partial charge in [-0.25, -0.2) is 0 Å². The predicted octanol–water partition coefficient (Wildman–Crippen LogP) is 1.87. The summed E-state index contributed by atoms with van der Waals surface area (Å²) in [5, 5.41) is 25.0. The maximum absolute atomic E-state index is 12.6. The van der Waals surface area contributed by atoms with E-state index in [-0.39, 0.29) is 24.0 Å².